The Morgan fingerprint density at radius 1 is 1.30 bits per heavy atom. The second-order valence-electron chi connectivity index (χ2n) is 5.64. The molecule has 0 radical (unpaired) electrons. The smallest absolute Gasteiger partial charge is 0.161 e. The molecule has 1 atom stereocenters. The molecule has 20 heavy (non-hydrogen) atoms. The Kier molecular flexibility index (Phi) is 6.82. The molecule has 0 amide bonds. The van der Waals surface area contributed by atoms with Gasteiger partial charge in [-0.15, -0.1) is 0 Å². The first-order valence-corrected chi connectivity index (χ1v) is 7.27. The van der Waals surface area contributed by atoms with E-state index in [4.69, 9.17) is 4.74 Å². The van der Waals surface area contributed by atoms with Gasteiger partial charge in [0, 0.05) is 19.1 Å². The molecule has 0 aliphatic rings. The van der Waals surface area contributed by atoms with E-state index < -0.39 is 0 Å². The van der Waals surface area contributed by atoms with E-state index in [1.807, 2.05) is 19.1 Å². The van der Waals surface area contributed by atoms with Gasteiger partial charge in [-0.25, -0.2) is 0 Å². The zero-order chi connectivity index (χ0) is 15.1. The standard InChI is InChI=1S/C16H28N2O2/c1-6-20-16-9-13(7-8-15(16)19)10-17-11-14(12(2)3)18(4)5/h7-9,12,14,17,19H,6,10-11H2,1-5H3. The first kappa shape index (κ1) is 16.8. The summed E-state index contributed by atoms with van der Waals surface area (Å²) in [4.78, 5) is 2.25. The maximum atomic E-state index is 9.67. The Labute approximate surface area is 122 Å². The third-order valence-electron chi connectivity index (χ3n) is 3.44. The molecule has 0 saturated carbocycles. The number of phenols is 1. The summed E-state index contributed by atoms with van der Waals surface area (Å²) in [5.41, 5.74) is 1.12. The fourth-order valence-corrected chi connectivity index (χ4v) is 2.32. The van der Waals surface area contributed by atoms with Crippen LogP contribution in [0.2, 0.25) is 0 Å². The fourth-order valence-electron chi connectivity index (χ4n) is 2.32. The van der Waals surface area contributed by atoms with Gasteiger partial charge in [-0.05, 0) is 44.6 Å². The SMILES string of the molecule is CCOc1cc(CNCC(C(C)C)N(C)C)ccc1O. The molecule has 1 rings (SSSR count). The molecule has 2 N–H and O–H groups in total. The molecule has 0 heterocycles. The van der Waals surface area contributed by atoms with Crippen molar-refractivity contribution in [2.75, 3.05) is 27.2 Å². The summed E-state index contributed by atoms with van der Waals surface area (Å²) in [6.45, 7) is 8.66. The molecular weight excluding hydrogens is 252 g/mol. The summed E-state index contributed by atoms with van der Waals surface area (Å²) in [5.74, 6) is 1.36. The third kappa shape index (κ3) is 5.02. The van der Waals surface area contributed by atoms with Crippen molar-refractivity contribution >= 4 is 0 Å². The van der Waals surface area contributed by atoms with Crippen LogP contribution in [0.25, 0.3) is 0 Å². The predicted molar refractivity (Wildman–Crippen MR) is 83.3 cm³/mol. The monoisotopic (exact) mass is 280 g/mol. The van der Waals surface area contributed by atoms with Crippen LogP contribution in [0.3, 0.4) is 0 Å². The van der Waals surface area contributed by atoms with Gasteiger partial charge in [-0.2, -0.15) is 0 Å². The molecule has 4 heteroatoms. The Bertz CT molecular complexity index is 397. The number of hydrogen-bond donors (Lipinski definition) is 2. The lowest BCUT2D eigenvalue weighted by Gasteiger charge is -2.28. The van der Waals surface area contributed by atoms with E-state index in [-0.39, 0.29) is 5.75 Å². The lowest BCUT2D eigenvalue weighted by molar-refractivity contribution is 0.224. The lowest BCUT2D eigenvalue weighted by atomic mass is 10.0. The van der Waals surface area contributed by atoms with Gasteiger partial charge in [0.2, 0.25) is 0 Å². The zero-order valence-corrected chi connectivity index (χ0v) is 13.3. The maximum absolute atomic E-state index is 9.67. The number of hydrogen-bond acceptors (Lipinski definition) is 4. The second-order valence-corrected chi connectivity index (χ2v) is 5.64. The van der Waals surface area contributed by atoms with Crippen LogP contribution in [0, 0.1) is 5.92 Å². The number of ether oxygens (including phenoxy) is 1. The van der Waals surface area contributed by atoms with Crippen LogP contribution in [-0.2, 0) is 6.54 Å². The van der Waals surface area contributed by atoms with Gasteiger partial charge in [-0.3, -0.25) is 0 Å². The number of phenolic OH excluding ortho intramolecular Hbond substituents is 1. The van der Waals surface area contributed by atoms with E-state index in [2.05, 4.69) is 38.2 Å². The topological polar surface area (TPSA) is 44.7 Å². The van der Waals surface area contributed by atoms with E-state index in [1.165, 1.54) is 0 Å². The number of nitrogens with one attached hydrogen (secondary N) is 1. The molecule has 4 nitrogen and oxygen atoms in total. The second kappa shape index (κ2) is 8.12. The van der Waals surface area contributed by atoms with Crippen LogP contribution in [0.5, 0.6) is 11.5 Å². The normalized spacial score (nSPS) is 12.9. The minimum atomic E-state index is 0.198. The first-order valence-electron chi connectivity index (χ1n) is 7.27. The Balaban J connectivity index is 2.55. The average molecular weight is 280 g/mol. The zero-order valence-electron chi connectivity index (χ0n) is 13.3. The number of rotatable bonds is 8. The molecule has 1 aromatic rings. The van der Waals surface area contributed by atoms with Crippen LogP contribution in [0.1, 0.15) is 26.3 Å². The largest absolute Gasteiger partial charge is 0.504 e. The summed E-state index contributed by atoms with van der Waals surface area (Å²) >= 11 is 0. The Morgan fingerprint density at radius 3 is 2.55 bits per heavy atom. The average Bonchev–Trinajstić information content (AvgIpc) is 2.37. The van der Waals surface area contributed by atoms with Crippen molar-refractivity contribution in [2.24, 2.45) is 5.92 Å². The lowest BCUT2D eigenvalue weighted by Crippen LogP contribution is -2.41. The molecule has 1 aromatic carbocycles. The Hall–Kier alpha value is -1.26. The molecule has 0 aliphatic carbocycles. The Morgan fingerprint density at radius 2 is 2.00 bits per heavy atom. The minimum Gasteiger partial charge on any atom is -0.504 e. The van der Waals surface area contributed by atoms with Crippen molar-refractivity contribution in [1.82, 2.24) is 10.2 Å². The van der Waals surface area contributed by atoms with Gasteiger partial charge in [0.1, 0.15) is 0 Å². The summed E-state index contributed by atoms with van der Waals surface area (Å²) in [6.07, 6.45) is 0. The van der Waals surface area contributed by atoms with E-state index in [0.29, 0.717) is 24.3 Å². The fraction of sp³-hybridized carbons (Fsp3) is 0.625. The van der Waals surface area contributed by atoms with Crippen LogP contribution in [0.15, 0.2) is 18.2 Å². The summed E-state index contributed by atoms with van der Waals surface area (Å²) in [5, 5.41) is 13.1. The number of likely N-dealkylation sites (N-methyl/N-ethyl adjacent to an activating group) is 1. The van der Waals surface area contributed by atoms with E-state index >= 15 is 0 Å². The van der Waals surface area contributed by atoms with Gasteiger partial charge in [0.05, 0.1) is 6.61 Å². The van der Waals surface area contributed by atoms with Crippen LogP contribution in [0.4, 0.5) is 0 Å². The predicted octanol–water partition coefficient (Wildman–Crippen LogP) is 2.47. The summed E-state index contributed by atoms with van der Waals surface area (Å²) < 4.78 is 5.40. The molecule has 0 aliphatic heterocycles. The summed E-state index contributed by atoms with van der Waals surface area (Å²) in [7, 11) is 4.22. The minimum absolute atomic E-state index is 0.198. The van der Waals surface area contributed by atoms with Gasteiger partial charge < -0.3 is 20.1 Å². The molecule has 0 aromatic heterocycles. The molecule has 0 bridgehead atoms. The molecule has 0 saturated heterocycles. The highest BCUT2D eigenvalue weighted by Gasteiger charge is 2.14. The number of nitrogens with zero attached hydrogens (tertiary/aromatic N) is 1. The number of aromatic hydroxyl groups is 1. The van der Waals surface area contributed by atoms with Gasteiger partial charge in [0.25, 0.3) is 0 Å². The highest BCUT2D eigenvalue weighted by atomic mass is 16.5. The van der Waals surface area contributed by atoms with Crippen molar-refractivity contribution in [3.8, 4) is 11.5 Å². The van der Waals surface area contributed by atoms with Crippen LogP contribution in [-0.4, -0.2) is 43.3 Å². The van der Waals surface area contributed by atoms with Crippen LogP contribution < -0.4 is 10.1 Å². The number of benzene rings is 1. The van der Waals surface area contributed by atoms with Crippen molar-refractivity contribution in [3.05, 3.63) is 23.8 Å². The van der Waals surface area contributed by atoms with E-state index in [9.17, 15) is 5.11 Å². The molecule has 1 unspecified atom stereocenters. The van der Waals surface area contributed by atoms with Gasteiger partial charge >= 0.3 is 0 Å². The van der Waals surface area contributed by atoms with Crippen LogP contribution >= 0.6 is 0 Å². The van der Waals surface area contributed by atoms with E-state index in [1.54, 1.807) is 6.07 Å². The quantitative estimate of drug-likeness (QED) is 0.768. The maximum Gasteiger partial charge on any atom is 0.161 e. The molecule has 0 fully saturated rings. The van der Waals surface area contributed by atoms with Crippen molar-refractivity contribution in [2.45, 2.75) is 33.4 Å². The molecule has 0 spiro atoms. The first-order chi connectivity index (χ1) is 9.45. The molecule has 114 valence electrons. The van der Waals surface area contributed by atoms with Crippen molar-refractivity contribution in [1.29, 1.82) is 0 Å². The van der Waals surface area contributed by atoms with Crippen molar-refractivity contribution in [3.63, 3.8) is 0 Å². The van der Waals surface area contributed by atoms with Gasteiger partial charge in [0.15, 0.2) is 11.5 Å². The third-order valence-corrected chi connectivity index (χ3v) is 3.44. The highest BCUT2D eigenvalue weighted by molar-refractivity contribution is 5.41. The highest BCUT2D eigenvalue weighted by Crippen LogP contribution is 2.26. The van der Waals surface area contributed by atoms with Gasteiger partial charge in [-0.1, -0.05) is 19.9 Å². The molecular formula is C16H28N2O2. The van der Waals surface area contributed by atoms with Crippen molar-refractivity contribution < 1.29 is 9.84 Å². The summed E-state index contributed by atoms with van der Waals surface area (Å²) in [6, 6.07) is 6.02. The van der Waals surface area contributed by atoms with E-state index in [0.717, 1.165) is 18.7 Å².